The molecule has 0 saturated carbocycles. The van der Waals surface area contributed by atoms with Crippen molar-refractivity contribution in [1.29, 1.82) is 0 Å². The van der Waals surface area contributed by atoms with E-state index in [4.69, 9.17) is 9.72 Å². The quantitative estimate of drug-likeness (QED) is 0.688. The van der Waals surface area contributed by atoms with Gasteiger partial charge in [-0.1, -0.05) is 23.8 Å². The zero-order chi connectivity index (χ0) is 22.9. The van der Waals surface area contributed by atoms with Crippen LogP contribution in [0.3, 0.4) is 0 Å². The van der Waals surface area contributed by atoms with Gasteiger partial charge in [-0.25, -0.2) is 0 Å². The van der Waals surface area contributed by atoms with Gasteiger partial charge in [0.05, 0.1) is 18.9 Å². The van der Waals surface area contributed by atoms with Crippen molar-refractivity contribution in [2.75, 3.05) is 63.9 Å². The Balaban J connectivity index is 1.36. The van der Waals surface area contributed by atoms with Crippen molar-refractivity contribution in [3.8, 4) is 11.3 Å². The number of hydrogen-bond donors (Lipinski definition) is 0. The molecule has 5 nitrogen and oxygen atoms in total. The van der Waals surface area contributed by atoms with Gasteiger partial charge in [-0.05, 0) is 57.4 Å². The lowest BCUT2D eigenvalue weighted by Crippen LogP contribution is -2.48. The highest BCUT2D eigenvalue weighted by Crippen LogP contribution is 2.36. The number of nitrogens with zero attached hydrogens (tertiary/aromatic N) is 4. The summed E-state index contributed by atoms with van der Waals surface area (Å²) >= 11 is 0. The summed E-state index contributed by atoms with van der Waals surface area (Å²) in [6.07, 6.45) is 3.46. The Morgan fingerprint density at radius 1 is 0.939 bits per heavy atom. The van der Waals surface area contributed by atoms with E-state index in [0.29, 0.717) is 6.04 Å². The lowest BCUT2D eigenvalue weighted by atomic mass is 9.97. The monoisotopic (exact) mass is 446 g/mol. The molecule has 2 aromatic rings. The molecule has 33 heavy (non-hydrogen) atoms. The molecule has 2 fully saturated rings. The largest absolute Gasteiger partial charge is 0.379 e. The van der Waals surface area contributed by atoms with Gasteiger partial charge >= 0.3 is 0 Å². The SMILES string of the molecule is Cc1nc(-c2ccc(N3CCN(C(C)C)CC3)cc2)c2c(c1C)CC(CN1CCOCC1)=C2. The molecule has 3 heterocycles. The first-order valence-corrected chi connectivity index (χ1v) is 12.6. The molecule has 0 N–H and O–H groups in total. The minimum atomic E-state index is 0.633. The van der Waals surface area contributed by atoms with E-state index >= 15 is 0 Å². The number of rotatable bonds is 5. The highest BCUT2D eigenvalue weighted by molar-refractivity contribution is 5.80. The van der Waals surface area contributed by atoms with Crippen LogP contribution in [0.4, 0.5) is 5.69 Å². The van der Waals surface area contributed by atoms with E-state index in [0.717, 1.165) is 76.8 Å². The lowest BCUT2D eigenvalue weighted by molar-refractivity contribution is 0.0422. The molecule has 1 aromatic heterocycles. The number of aryl methyl sites for hydroxylation is 1. The average Bonchev–Trinajstić information content (AvgIpc) is 3.26. The van der Waals surface area contributed by atoms with E-state index < -0.39 is 0 Å². The maximum absolute atomic E-state index is 5.53. The Labute approximate surface area is 199 Å². The molecule has 2 aliphatic heterocycles. The van der Waals surface area contributed by atoms with Crippen LogP contribution in [-0.4, -0.2) is 79.9 Å². The zero-order valence-corrected chi connectivity index (χ0v) is 20.7. The highest BCUT2D eigenvalue weighted by atomic mass is 16.5. The van der Waals surface area contributed by atoms with Crippen LogP contribution >= 0.6 is 0 Å². The van der Waals surface area contributed by atoms with Crippen molar-refractivity contribution in [1.82, 2.24) is 14.8 Å². The van der Waals surface area contributed by atoms with Crippen molar-refractivity contribution in [2.45, 2.75) is 40.2 Å². The van der Waals surface area contributed by atoms with Crippen molar-refractivity contribution in [2.24, 2.45) is 0 Å². The van der Waals surface area contributed by atoms with Crippen LogP contribution in [0, 0.1) is 13.8 Å². The maximum Gasteiger partial charge on any atom is 0.0780 e. The first-order valence-electron chi connectivity index (χ1n) is 12.6. The van der Waals surface area contributed by atoms with Crippen LogP contribution in [0.1, 0.15) is 36.2 Å². The van der Waals surface area contributed by atoms with E-state index in [-0.39, 0.29) is 0 Å². The number of ether oxygens (including phenoxy) is 1. The average molecular weight is 447 g/mol. The van der Waals surface area contributed by atoms with Crippen molar-refractivity contribution in [3.05, 3.63) is 52.2 Å². The summed E-state index contributed by atoms with van der Waals surface area (Å²) in [5.74, 6) is 0. The van der Waals surface area contributed by atoms with Gasteiger partial charge in [0.25, 0.3) is 0 Å². The fourth-order valence-corrected chi connectivity index (χ4v) is 5.44. The third-order valence-corrected chi connectivity index (χ3v) is 7.69. The number of morpholine rings is 1. The van der Waals surface area contributed by atoms with Gasteiger partial charge < -0.3 is 9.64 Å². The predicted octanol–water partition coefficient (Wildman–Crippen LogP) is 4.17. The standard InChI is InChI=1S/C28H38N4O/c1-20(2)31-9-11-32(12-10-31)25-7-5-24(6-8-25)28-27-18-23(19-30-13-15-33-16-14-30)17-26(27)21(3)22(4)29-28/h5-8,18,20H,9-17,19H2,1-4H3. The van der Waals surface area contributed by atoms with Crippen LogP contribution in [0.5, 0.6) is 0 Å². The molecule has 0 unspecified atom stereocenters. The number of fused-ring (bicyclic) bond motifs is 1. The van der Waals surface area contributed by atoms with Gasteiger partial charge in [0, 0.05) is 74.4 Å². The van der Waals surface area contributed by atoms with Gasteiger partial charge in [-0.15, -0.1) is 0 Å². The second-order valence-corrected chi connectivity index (χ2v) is 10.1. The van der Waals surface area contributed by atoms with Crippen LogP contribution in [-0.2, 0) is 11.2 Å². The first-order chi connectivity index (χ1) is 16.0. The van der Waals surface area contributed by atoms with E-state index in [2.05, 4.69) is 72.7 Å². The molecule has 176 valence electrons. The fourth-order valence-electron chi connectivity index (χ4n) is 5.44. The summed E-state index contributed by atoms with van der Waals surface area (Å²) in [5.41, 5.74) is 10.5. The Hall–Kier alpha value is -2.21. The van der Waals surface area contributed by atoms with Gasteiger partial charge in [0.1, 0.15) is 0 Å². The van der Waals surface area contributed by atoms with E-state index in [1.807, 2.05) is 0 Å². The number of hydrogen-bond acceptors (Lipinski definition) is 5. The fraction of sp³-hybridized carbons (Fsp3) is 0.536. The summed E-state index contributed by atoms with van der Waals surface area (Å²) in [7, 11) is 0. The Kier molecular flexibility index (Phi) is 6.55. The molecule has 5 heteroatoms. The topological polar surface area (TPSA) is 31.8 Å². The molecule has 1 aromatic carbocycles. The first kappa shape index (κ1) is 22.6. The Bertz CT molecular complexity index is 1010. The molecule has 0 atom stereocenters. The molecule has 2 saturated heterocycles. The number of piperazine rings is 1. The second-order valence-electron chi connectivity index (χ2n) is 10.1. The van der Waals surface area contributed by atoms with Gasteiger partial charge in [-0.2, -0.15) is 0 Å². The summed E-state index contributed by atoms with van der Waals surface area (Å²) in [6.45, 7) is 18.3. The molecule has 5 rings (SSSR count). The second kappa shape index (κ2) is 9.57. The molecule has 0 amide bonds. The lowest BCUT2D eigenvalue weighted by Gasteiger charge is -2.38. The Morgan fingerprint density at radius 2 is 1.64 bits per heavy atom. The van der Waals surface area contributed by atoms with Gasteiger partial charge in [0.2, 0.25) is 0 Å². The van der Waals surface area contributed by atoms with Crippen LogP contribution in [0.25, 0.3) is 17.3 Å². The highest BCUT2D eigenvalue weighted by Gasteiger charge is 2.24. The predicted molar refractivity (Wildman–Crippen MR) is 137 cm³/mol. The van der Waals surface area contributed by atoms with Gasteiger partial charge in [-0.3, -0.25) is 14.8 Å². The third kappa shape index (κ3) is 4.72. The van der Waals surface area contributed by atoms with Crippen molar-refractivity contribution < 1.29 is 4.74 Å². The zero-order valence-electron chi connectivity index (χ0n) is 20.7. The van der Waals surface area contributed by atoms with Gasteiger partial charge in [0.15, 0.2) is 0 Å². The van der Waals surface area contributed by atoms with E-state index in [1.54, 1.807) is 0 Å². The van der Waals surface area contributed by atoms with Crippen LogP contribution < -0.4 is 4.90 Å². The number of benzene rings is 1. The minimum absolute atomic E-state index is 0.633. The van der Waals surface area contributed by atoms with E-state index in [1.165, 1.54) is 33.5 Å². The number of anilines is 1. The van der Waals surface area contributed by atoms with Crippen LogP contribution in [0.2, 0.25) is 0 Å². The van der Waals surface area contributed by atoms with Crippen molar-refractivity contribution in [3.63, 3.8) is 0 Å². The molecule has 3 aliphatic rings. The molecule has 0 radical (unpaired) electrons. The van der Waals surface area contributed by atoms with E-state index in [9.17, 15) is 0 Å². The molecule has 0 bridgehead atoms. The summed E-state index contributed by atoms with van der Waals surface area (Å²) in [5, 5.41) is 0. The third-order valence-electron chi connectivity index (χ3n) is 7.69. The number of pyridine rings is 1. The molecule has 1 aliphatic carbocycles. The Morgan fingerprint density at radius 3 is 2.30 bits per heavy atom. The number of aromatic nitrogens is 1. The molecular formula is C28H38N4O. The smallest absolute Gasteiger partial charge is 0.0780 e. The summed E-state index contributed by atoms with van der Waals surface area (Å²) in [6, 6.07) is 9.76. The molecule has 0 spiro atoms. The minimum Gasteiger partial charge on any atom is -0.379 e. The molecular weight excluding hydrogens is 408 g/mol. The summed E-state index contributed by atoms with van der Waals surface area (Å²) in [4.78, 5) is 12.7. The maximum atomic E-state index is 5.53. The van der Waals surface area contributed by atoms with Crippen molar-refractivity contribution >= 4 is 11.8 Å². The normalized spacial score (nSPS) is 19.8. The van der Waals surface area contributed by atoms with Crippen LogP contribution in [0.15, 0.2) is 29.8 Å². The summed E-state index contributed by atoms with van der Waals surface area (Å²) < 4.78 is 5.53.